The van der Waals surface area contributed by atoms with Gasteiger partial charge in [-0.2, -0.15) is 5.11 Å². The number of hydrogen-bond donors (Lipinski definition) is 0. The van der Waals surface area contributed by atoms with E-state index >= 15 is 0 Å². The van der Waals surface area contributed by atoms with Crippen molar-refractivity contribution in [2.75, 3.05) is 0 Å². The topological polar surface area (TPSA) is 19.9 Å². The predicted octanol–water partition coefficient (Wildman–Crippen LogP) is 2.05. The van der Waals surface area contributed by atoms with Gasteiger partial charge in [0.2, 0.25) is 5.85 Å². The summed E-state index contributed by atoms with van der Waals surface area (Å²) in [4.78, 5) is 0. The molecule has 0 N–H and O–H groups in total. The van der Waals surface area contributed by atoms with Gasteiger partial charge in [-0.15, -0.1) is 0 Å². The number of hydrogen-bond acceptors (Lipinski definition) is 0. The van der Waals surface area contributed by atoms with Crippen LogP contribution in [0.5, 0.6) is 0 Å². The third kappa shape index (κ3) is 1.44. The summed E-state index contributed by atoms with van der Waals surface area (Å²) in [6.07, 6.45) is 3.05. The highest BCUT2D eigenvalue weighted by atomic mass is 19.2. The number of halogens is 1. The molecule has 1 radical (unpaired) electrons. The lowest BCUT2D eigenvalue weighted by molar-refractivity contribution is -0.162. The molecule has 0 aromatic heterocycles. The molecule has 1 fully saturated rings. The molecule has 2 heteroatoms. The Morgan fingerprint density at radius 1 is 1.12 bits per heavy atom. The molecule has 0 aliphatic heterocycles. The van der Waals surface area contributed by atoms with Gasteiger partial charge in [-0.3, -0.25) is 0 Å². The van der Waals surface area contributed by atoms with Crippen LogP contribution in [0.3, 0.4) is 0 Å². The van der Waals surface area contributed by atoms with Crippen LogP contribution in [-0.4, -0.2) is 5.85 Å². The average Bonchev–Trinajstić information content (AvgIpc) is 1.65. The van der Waals surface area contributed by atoms with Gasteiger partial charge in [-0.25, -0.2) is 4.39 Å². The monoisotopic (exact) mass is 117 g/mol. The molecule has 0 amide bonds. The van der Waals surface area contributed by atoms with Gasteiger partial charge in [0.1, 0.15) is 0 Å². The molecule has 0 unspecified atom stereocenters. The summed E-state index contributed by atoms with van der Waals surface area (Å²) in [6, 6.07) is 0. The molecule has 47 valence electrons. The van der Waals surface area contributed by atoms with Crippen molar-refractivity contribution in [1.29, 1.82) is 0 Å². The zero-order valence-corrected chi connectivity index (χ0v) is 4.82. The van der Waals surface area contributed by atoms with Gasteiger partial charge >= 0.3 is 0 Å². The molecule has 1 aliphatic carbocycles. The Labute approximate surface area is 48.5 Å². The summed E-state index contributed by atoms with van der Waals surface area (Å²) in [5, 5.41) is 10.5. The van der Waals surface area contributed by atoms with E-state index in [2.05, 4.69) is 0 Å². The minimum absolute atomic E-state index is 0.229. The maximum Gasteiger partial charge on any atom is 0.241 e. The van der Waals surface area contributed by atoms with Crippen molar-refractivity contribution in [1.82, 2.24) is 0 Å². The van der Waals surface area contributed by atoms with E-state index in [0.717, 1.165) is 19.3 Å². The van der Waals surface area contributed by atoms with Crippen molar-refractivity contribution < 1.29 is 9.50 Å². The second kappa shape index (κ2) is 2.02. The zero-order valence-electron chi connectivity index (χ0n) is 4.82. The van der Waals surface area contributed by atoms with Crippen LogP contribution in [0.1, 0.15) is 32.1 Å². The predicted molar refractivity (Wildman–Crippen MR) is 27.6 cm³/mol. The first kappa shape index (κ1) is 6.02. The summed E-state index contributed by atoms with van der Waals surface area (Å²) in [6.45, 7) is 0. The lowest BCUT2D eigenvalue weighted by Gasteiger charge is -2.20. The molecule has 0 atom stereocenters. The molecular formula is C6H10FO. The Balaban J connectivity index is 2.33. The Bertz CT molecular complexity index is 72.6. The van der Waals surface area contributed by atoms with E-state index in [4.69, 9.17) is 0 Å². The van der Waals surface area contributed by atoms with E-state index in [9.17, 15) is 9.50 Å². The lowest BCUT2D eigenvalue weighted by atomic mass is 9.96. The second-order valence-electron chi connectivity index (χ2n) is 2.44. The standard InChI is InChI=1S/C6H10FO/c7-6(8)4-2-1-3-5-6/h1-5H2. The third-order valence-electron chi connectivity index (χ3n) is 1.60. The maximum absolute atomic E-state index is 12.3. The molecule has 0 heterocycles. The molecule has 1 rings (SSSR count). The maximum atomic E-state index is 12.3. The highest BCUT2D eigenvalue weighted by Crippen LogP contribution is 2.29. The first-order chi connectivity index (χ1) is 3.71. The first-order valence-electron chi connectivity index (χ1n) is 3.10. The van der Waals surface area contributed by atoms with E-state index in [1.807, 2.05) is 0 Å². The average molecular weight is 117 g/mol. The van der Waals surface area contributed by atoms with Gasteiger partial charge in [-0.1, -0.05) is 6.42 Å². The Hall–Kier alpha value is -0.110. The normalized spacial score (nSPS) is 27.8. The van der Waals surface area contributed by atoms with E-state index in [1.54, 1.807) is 0 Å². The van der Waals surface area contributed by atoms with Gasteiger partial charge in [0.25, 0.3) is 0 Å². The molecule has 1 aliphatic rings. The van der Waals surface area contributed by atoms with Crippen molar-refractivity contribution in [3.05, 3.63) is 0 Å². The molecular weight excluding hydrogens is 107 g/mol. The first-order valence-corrected chi connectivity index (χ1v) is 3.10. The fourth-order valence-corrected chi connectivity index (χ4v) is 1.08. The van der Waals surface area contributed by atoms with E-state index in [-0.39, 0.29) is 12.8 Å². The Kier molecular flexibility index (Phi) is 1.52. The molecule has 8 heavy (non-hydrogen) atoms. The smallest absolute Gasteiger partial charge is 0.209 e. The quantitative estimate of drug-likeness (QED) is 0.462. The summed E-state index contributed by atoms with van der Waals surface area (Å²) in [5.74, 6) is -2.07. The van der Waals surface area contributed by atoms with E-state index < -0.39 is 5.85 Å². The SMILES string of the molecule is [O]C1(F)CCCCC1. The second-order valence-corrected chi connectivity index (χ2v) is 2.44. The van der Waals surface area contributed by atoms with E-state index in [1.165, 1.54) is 0 Å². The van der Waals surface area contributed by atoms with Crippen LogP contribution in [0, 0.1) is 0 Å². The van der Waals surface area contributed by atoms with Gasteiger partial charge in [0.05, 0.1) is 0 Å². The third-order valence-corrected chi connectivity index (χ3v) is 1.60. The van der Waals surface area contributed by atoms with Gasteiger partial charge in [0.15, 0.2) is 0 Å². The van der Waals surface area contributed by atoms with Crippen LogP contribution >= 0.6 is 0 Å². The highest BCUT2D eigenvalue weighted by Gasteiger charge is 2.29. The molecule has 1 saturated carbocycles. The van der Waals surface area contributed by atoms with Gasteiger partial charge in [0, 0.05) is 12.8 Å². The minimum atomic E-state index is -2.07. The zero-order chi connectivity index (χ0) is 6.04. The van der Waals surface area contributed by atoms with Gasteiger partial charge < -0.3 is 0 Å². The van der Waals surface area contributed by atoms with Crippen LogP contribution < -0.4 is 0 Å². The summed E-state index contributed by atoms with van der Waals surface area (Å²) in [7, 11) is 0. The van der Waals surface area contributed by atoms with Crippen LogP contribution in [0.15, 0.2) is 0 Å². The highest BCUT2D eigenvalue weighted by molar-refractivity contribution is 4.69. The van der Waals surface area contributed by atoms with Crippen molar-refractivity contribution in [3.8, 4) is 0 Å². The lowest BCUT2D eigenvalue weighted by Crippen LogP contribution is -2.22. The molecule has 0 aromatic rings. The molecule has 0 spiro atoms. The molecule has 0 bridgehead atoms. The van der Waals surface area contributed by atoms with E-state index in [0.29, 0.717) is 0 Å². The fourth-order valence-electron chi connectivity index (χ4n) is 1.08. The molecule has 0 aromatic carbocycles. The van der Waals surface area contributed by atoms with Crippen LogP contribution in [-0.2, 0) is 5.11 Å². The van der Waals surface area contributed by atoms with Crippen LogP contribution in [0.2, 0.25) is 0 Å². The fraction of sp³-hybridized carbons (Fsp3) is 1.00. The Morgan fingerprint density at radius 2 is 1.62 bits per heavy atom. The molecule has 0 saturated heterocycles. The number of alkyl halides is 1. The van der Waals surface area contributed by atoms with Gasteiger partial charge in [-0.05, 0) is 12.8 Å². The summed E-state index contributed by atoms with van der Waals surface area (Å²) in [5.41, 5.74) is 0. The summed E-state index contributed by atoms with van der Waals surface area (Å²) < 4.78 is 12.3. The summed E-state index contributed by atoms with van der Waals surface area (Å²) >= 11 is 0. The van der Waals surface area contributed by atoms with Crippen molar-refractivity contribution >= 4 is 0 Å². The number of rotatable bonds is 0. The van der Waals surface area contributed by atoms with Crippen molar-refractivity contribution in [2.24, 2.45) is 0 Å². The van der Waals surface area contributed by atoms with Crippen LogP contribution in [0.25, 0.3) is 0 Å². The minimum Gasteiger partial charge on any atom is -0.209 e. The Morgan fingerprint density at radius 3 is 1.88 bits per heavy atom. The molecule has 1 nitrogen and oxygen atoms in total. The van der Waals surface area contributed by atoms with Crippen LogP contribution in [0.4, 0.5) is 4.39 Å². The van der Waals surface area contributed by atoms with Crippen molar-refractivity contribution in [2.45, 2.75) is 38.0 Å². The van der Waals surface area contributed by atoms with Crippen molar-refractivity contribution in [3.63, 3.8) is 0 Å². The largest absolute Gasteiger partial charge is 0.241 e.